The Labute approximate surface area is 152 Å². The molecule has 0 aliphatic heterocycles. The van der Waals surface area contributed by atoms with E-state index in [1.807, 2.05) is 37.3 Å². The molecule has 2 aromatic rings. The molecule has 6 nitrogen and oxygen atoms in total. The number of hydrogen-bond acceptors (Lipinski definition) is 4. The second-order valence-corrected chi connectivity index (χ2v) is 5.75. The van der Waals surface area contributed by atoms with Crippen LogP contribution in [-0.4, -0.2) is 11.8 Å². The van der Waals surface area contributed by atoms with Crippen LogP contribution in [-0.2, 0) is 16.1 Å². The van der Waals surface area contributed by atoms with E-state index in [1.54, 1.807) is 24.3 Å². The number of nitriles is 1. The molecule has 0 saturated heterocycles. The Morgan fingerprint density at radius 2 is 1.73 bits per heavy atom. The smallest absolute Gasteiger partial charge is 0.267 e. The number of benzene rings is 2. The van der Waals surface area contributed by atoms with Crippen LogP contribution in [0.1, 0.15) is 18.1 Å². The summed E-state index contributed by atoms with van der Waals surface area (Å²) in [4.78, 5) is 23.2. The lowest BCUT2D eigenvalue weighted by Gasteiger charge is -2.07. The summed E-state index contributed by atoms with van der Waals surface area (Å²) in [6, 6.07) is 16.5. The maximum Gasteiger partial charge on any atom is 0.267 e. The standard InChI is InChI=1S/C20H20N4O2/c1-14-4-3-5-16(10-14)12-22-13-17(11-21)20(26)24-19-8-6-18(7-9-19)23-15(2)25/h3-10,13,22H,12H2,1-2H3,(H,23,25)(H,24,26)/b17-13-. The van der Waals surface area contributed by atoms with Crippen molar-refractivity contribution in [3.63, 3.8) is 0 Å². The monoisotopic (exact) mass is 348 g/mol. The highest BCUT2D eigenvalue weighted by molar-refractivity contribution is 6.06. The number of anilines is 2. The number of amides is 2. The van der Waals surface area contributed by atoms with E-state index < -0.39 is 5.91 Å². The molecule has 0 aliphatic carbocycles. The van der Waals surface area contributed by atoms with Gasteiger partial charge in [-0.2, -0.15) is 5.26 Å². The Kier molecular flexibility index (Phi) is 6.52. The van der Waals surface area contributed by atoms with E-state index in [2.05, 4.69) is 16.0 Å². The molecule has 0 aromatic heterocycles. The van der Waals surface area contributed by atoms with Crippen LogP contribution in [0.4, 0.5) is 11.4 Å². The Morgan fingerprint density at radius 3 is 2.31 bits per heavy atom. The lowest BCUT2D eigenvalue weighted by atomic mass is 10.1. The zero-order valence-electron chi connectivity index (χ0n) is 14.7. The lowest BCUT2D eigenvalue weighted by molar-refractivity contribution is -0.114. The van der Waals surface area contributed by atoms with E-state index in [1.165, 1.54) is 13.1 Å². The van der Waals surface area contributed by atoms with Gasteiger partial charge >= 0.3 is 0 Å². The van der Waals surface area contributed by atoms with Crippen LogP contribution in [0.25, 0.3) is 0 Å². The van der Waals surface area contributed by atoms with Crippen LogP contribution in [0.5, 0.6) is 0 Å². The van der Waals surface area contributed by atoms with Gasteiger partial charge in [0.1, 0.15) is 11.6 Å². The first-order chi connectivity index (χ1) is 12.5. The van der Waals surface area contributed by atoms with Gasteiger partial charge in [0.05, 0.1) is 0 Å². The minimum Gasteiger partial charge on any atom is -0.386 e. The van der Waals surface area contributed by atoms with Crippen molar-refractivity contribution in [1.29, 1.82) is 5.26 Å². The molecular weight excluding hydrogens is 328 g/mol. The van der Waals surface area contributed by atoms with Gasteiger partial charge in [-0.1, -0.05) is 29.8 Å². The second-order valence-electron chi connectivity index (χ2n) is 5.75. The molecular formula is C20H20N4O2. The first kappa shape index (κ1) is 18.7. The van der Waals surface area contributed by atoms with Gasteiger partial charge in [-0.15, -0.1) is 0 Å². The van der Waals surface area contributed by atoms with Crippen LogP contribution in [0.2, 0.25) is 0 Å². The van der Waals surface area contributed by atoms with Gasteiger partial charge in [-0.25, -0.2) is 0 Å². The predicted octanol–water partition coefficient (Wildman–Crippen LogP) is 3.09. The number of nitrogens with zero attached hydrogens (tertiary/aromatic N) is 1. The molecule has 0 fully saturated rings. The minimum atomic E-state index is -0.503. The van der Waals surface area contributed by atoms with Crippen LogP contribution in [0.3, 0.4) is 0 Å². The number of carbonyl (C=O) groups is 2. The molecule has 6 heteroatoms. The molecule has 2 aromatic carbocycles. The molecule has 2 rings (SSSR count). The Hall–Kier alpha value is -3.59. The third-order valence-electron chi connectivity index (χ3n) is 3.46. The SMILES string of the molecule is CC(=O)Nc1ccc(NC(=O)/C(C#N)=C\NCc2cccc(C)c2)cc1. The average Bonchev–Trinajstić information content (AvgIpc) is 2.60. The lowest BCUT2D eigenvalue weighted by Crippen LogP contribution is -2.16. The van der Waals surface area contributed by atoms with Crippen molar-refractivity contribution in [2.45, 2.75) is 20.4 Å². The van der Waals surface area contributed by atoms with Crippen LogP contribution >= 0.6 is 0 Å². The summed E-state index contributed by atoms with van der Waals surface area (Å²) in [5.74, 6) is -0.673. The summed E-state index contributed by atoms with van der Waals surface area (Å²) in [6.07, 6.45) is 1.41. The molecule has 2 amide bonds. The van der Waals surface area contributed by atoms with E-state index in [-0.39, 0.29) is 11.5 Å². The molecule has 26 heavy (non-hydrogen) atoms. The third kappa shape index (κ3) is 5.80. The quantitative estimate of drug-likeness (QED) is 0.552. The van der Waals surface area contributed by atoms with Gasteiger partial charge in [-0.05, 0) is 36.8 Å². The summed E-state index contributed by atoms with van der Waals surface area (Å²) < 4.78 is 0. The van der Waals surface area contributed by atoms with Gasteiger partial charge in [-0.3, -0.25) is 9.59 Å². The van der Waals surface area contributed by atoms with Crippen molar-refractivity contribution in [3.8, 4) is 6.07 Å². The number of aryl methyl sites for hydroxylation is 1. The number of carbonyl (C=O) groups excluding carboxylic acids is 2. The first-order valence-corrected chi connectivity index (χ1v) is 8.06. The molecule has 0 atom stereocenters. The summed E-state index contributed by atoms with van der Waals surface area (Å²) in [6.45, 7) is 3.94. The zero-order chi connectivity index (χ0) is 18.9. The maximum atomic E-state index is 12.2. The number of hydrogen-bond donors (Lipinski definition) is 3. The highest BCUT2D eigenvalue weighted by atomic mass is 16.2. The molecule has 132 valence electrons. The molecule has 0 radical (unpaired) electrons. The molecule has 0 unspecified atom stereocenters. The van der Waals surface area contributed by atoms with E-state index in [9.17, 15) is 14.9 Å². The van der Waals surface area contributed by atoms with Gasteiger partial charge in [0.15, 0.2) is 0 Å². The van der Waals surface area contributed by atoms with Crippen LogP contribution in [0, 0.1) is 18.3 Å². The van der Waals surface area contributed by atoms with Crippen molar-refractivity contribution in [2.75, 3.05) is 10.6 Å². The maximum absolute atomic E-state index is 12.2. The van der Waals surface area contributed by atoms with Crippen molar-refractivity contribution in [3.05, 3.63) is 71.4 Å². The van der Waals surface area contributed by atoms with E-state index >= 15 is 0 Å². The summed E-state index contributed by atoms with van der Waals surface area (Å²) >= 11 is 0. The number of rotatable bonds is 6. The van der Waals surface area contributed by atoms with Gasteiger partial charge in [0, 0.05) is 31.0 Å². The van der Waals surface area contributed by atoms with Crippen molar-refractivity contribution >= 4 is 23.2 Å². The van der Waals surface area contributed by atoms with E-state index in [4.69, 9.17) is 0 Å². The molecule has 0 spiro atoms. The topological polar surface area (TPSA) is 94.0 Å². The number of nitrogens with one attached hydrogen (secondary N) is 3. The second kappa shape index (κ2) is 9.04. The zero-order valence-corrected chi connectivity index (χ0v) is 14.7. The summed E-state index contributed by atoms with van der Waals surface area (Å²) in [5.41, 5.74) is 3.35. The van der Waals surface area contributed by atoms with Crippen molar-refractivity contribution in [2.24, 2.45) is 0 Å². The fourth-order valence-electron chi connectivity index (χ4n) is 2.28. The predicted molar refractivity (Wildman–Crippen MR) is 101 cm³/mol. The highest BCUT2D eigenvalue weighted by Crippen LogP contribution is 2.14. The molecule has 0 saturated carbocycles. The summed E-state index contributed by atoms with van der Waals surface area (Å²) in [5, 5.41) is 17.5. The Balaban J connectivity index is 1.95. The fourth-order valence-corrected chi connectivity index (χ4v) is 2.28. The summed E-state index contributed by atoms with van der Waals surface area (Å²) in [7, 11) is 0. The molecule has 0 bridgehead atoms. The molecule has 0 aliphatic rings. The third-order valence-corrected chi connectivity index (χ3v) is 3.46. The normalized spacial score (nSPS) is 10.6. The van der Waals surface area contributed by atoms with Crippen LogP contribution in [0.15, 0.2) is 60.3 Å². The van der Waals surface area contributed by atoms with Gasteiger partial charge in [0.25, 0.3) is 5.91 Å². The Bertz CT molecular complexity index is 864. The van der Waals surface area contributed by atoms with E-state index in [0.717, 1.165) is 11.1 Å². The van der Waals surface area contributed by atoms with Gasteiger partial charge in [0.2, 0.25) is 5.91 Å². The molecule has 3 N–H and O–H groups in total. The minimum absolute atomic E-state index is 0.0245. The first-order valence-electron chi connectivity index (χ1n) is 8.06. The van der Waals surface area contributed by atoms with Crippen molar-refractivity contribution < 1.29 is 9.59 Å². The molecule has 0 heterocycles. The van der Waals surface area contributed by atoms with E-state index in [0.29, 0.717) is 17.9 Å². The highest BCUT2D eigenvalue weighted by Gasteiger charge is 2.09. The largest absolute Gasteiger partial charge is 0.386 e. The Morgan fingerprint density at radius 1 is 1.08 bits per heavy atom. The fraction of sp³-hybridized carbons (Fsp3) is 0.150. The average molecular weight is 348 g/mol. The van der Waals surface area contributed by atoms with Gasteiger partial charge < -0.3 is 16.0 Å². The van der Waals surface area contributed by atoms with Crippen LogP contribution < -0.4 is 16.0 Å². The van der Waals surface area contributed by atoms with Crippen molar-refractivity contribution in [1.82, 2.24) is 5.32 Å².